The van der Waals surface area contributed by atoms with Gasteiger partial charge in [0.25, 0.3) is 5.92 Å². The Kier molecular flexibility index (Phi) is 2.32. The van der Waals surface area contributed by atoms with Gasteiger partial charge in [0.15, 0.2) is 5.82 Å². The average molecular weight is 303 g/mol. The molecule has 0 unspecified atom stereocenters. The summed E-state index contributed by atoms with van der Waals surface area (Å²) >= 11 is 3.27. The van der Waals surface area contributed by atoms with Crippen LogP contribution in [0.15, 0.2) is 23.1 Å². The molecule has 1 aliphatic carbocycles. The molecule has 1 aliphatic rings. The van der Waals surface area contributed by atoms with Crippen LogP contribution in [0.3, 0.4) is 0 Å². The van der Waals surface area contributed by atoms with Crippen molar-refractivity contribution in [3.63, 3.8) is 0 Å². The largest absolute Gasteiger partial charge is 0.365 e. The number of halogens is 3. The number of anilines is 1. The first-order valence-electron chi connectivity index (χ1n) is 5.18. The Morgan fingerprint density at radius 1 is 1.47 bits per heavy atom. The standard InChI is InChI=1S/C10H9BrF2N4/c11-8-3-7-9(14-1-2-17(7)16-8)15-6-4-10(12,13)5-6/h1-3,6H,4-5H2,(H,14,15). The van der Waals surface area contributed by atoms with Gasteiger partial charge < -0.3 is 5.32 Å². The van der Waals surface area contributed by atoms with Crippen LogP contribution in [0.2, 0.25) is 0 Å². The molecule has 7 heteroatoms. The van der Waals surface area contributed by atoms with Crippen molar-refractivity contribution in [3.8, 4) is 0 Å². The van der Waals surface area contributed by atoms with Crippen LogP contribution in [0.5, 0.6) is 0 Å². The summed E-state index contributed by atoms with van der Waals surface area (Å²) in [5, 5.41) is 7.18. The molecule has 0 spiro atoms. The molecule has 0 aromatic carbocycles. The van der Waals surface area contributed by atoms with Gasteiger partial charge in [0.05, 0.1) is 0 Å². The predicted octanol–water partition coefficient (Wildman–Crippen LogP) is 2.70. The quantitative estimate of drug-likeness (QED) is 0.927. The SMILES string of the molecule is FC1(F)CC(Nc2nccn3nc(Br)cc23)C1. The molecule has 1 fully saturated rings. The van der Waals surface area contributed by atoms with Crippen LogP contribution < -0.4 is 5.32 Å². The molecule has 0 atom stereocenters. The summed E-state index contributed by atoms with van der Waals surface area (Å²) in [6, 6.07) is 1.59. The van der Waals surface area contributed by atoms with Gasteiger partial charge in [0.1, 0.15) is 10.1 Å². The van der Waals surface area contributed by atoms with Crippen LogP contribution in [-0.4, -0.2) is 26.6 Å². The van der Waals surface area contributed by atoms with Gasteiger partial charge in [0.2, 0.25) is 0 Å². The first kappa shape index (κ1) is 10.9. The van der Waals surface area contributed by atoms with Crippen molar-refractivity contribution in [2.45, 2.75) is 24.8 Å². The van der Waals surface area contributed by atoms with E-state index >= 15 is 0 Å². The van der Waals surface area contributed by atoms with E-state index in [0.717, 1.165) is 5.52 Å². The maximum absolute atomic E-state index is 12.7. The first-order chi connectivity index (χ1) is 8.03. The average Bonchev–Trinajstić information content (AvgIpc) is 2.56. The number of fused-ring (bicyclic) bond motifs is 1. The van der Waals surface area contributed by atoms with E-state index in [2.05, 4.69) is 31.3 Å². The Morgan fingerprint density at radius 3 is 2.94 bits per heavy atom. The summed E-state index contributed by atoms with van der Waals surface area (Å²) in [6.07, 6.45) is 3.03. The Labute approximate surface area is 104 Å². The van der Waals surface area contributed by atoms with E-state index in [1.165, 1.54) is 0 Å². The van der Waals surface area contributed by atoms with Crippen LogP contribution in [-0.2, 0) is 0 Å². The van der Waals surface area contributed by atoms with Gasteiger partial charge in [-0.25, -0.2) is 18.3 Å². The minimum absolute atomic E-state index is 0.134. The van der Waals surface area contributed by atoms with Crippen molar-refractivity contribution in [1.29, 1.82) is 0 Å². The third kappa shape index (κ3) is 1.99. The lowest BCUT2D eigenvalue weighted by atomic mass is 9.88. The molecule has 2 heterocycles. The fourth-order valence-electron chi connectivity index (χ4n) is 1.96. The zero-order chi connectivity index (χ0) is 12.0. The Balaban J connectivity index is 1.86. The van der Waals surface area contributed by atoms with Crippen molar-refractivity contribution in [2.24, 2.45) is 0 Å². The first-order valence-corrected chi connectivity index (χ1v) is 5.97. The highest BCUT2D eigenvalue weighted by molar-refractivity contribution is 9.10. The topological polar surface area (TPSA) is 42.2 Å². The maximum Gasteiger partial charge on any atom is 0.252 e. The fraction of sp³-hybridized carbons (Fsp3) is 0.400. The molecule has 2 aromatic heterocycles. The number of nitrogens with zero attached hydrogens (tertiary/aromatic N) is 3. The lowest BCUT2D eigenvalue weighted by molar-refractivity contribution is -0.0793. The monoisotopic (exact) mass is 302 g/mol. The van der Waals surface area contributed by atoms with Crippen LogP contribution in [0.1, 0.15) is 12.8 Å². The van der Waals surface area contributed by atoms with Gasteiger partial charge in [-0.05, 0) is 15.9 Å². The van der Waals surface area contributed by atoms with Crippen LogP contribution in [0.4, 0.5) is 14.6 Å². The van der Waals surface area contributed by atoms with Gasteiger partial charge in [0, 0.05) is 37.3 Å². The Bertz CT molecular complexity index is 560. The summed E-state index contributed by atoms with van der Waals surface area (Å²) in [7, 11) is 0. The molecule has 90 valence electrons. The van der Waals surface area contributed by atoms with Crippen molar-refractivity contribution in [3.05, 3.63) is 23.1 Å². The lowest BCUT2D eigenvalue weighted by Crippen LogP contribution is -2.44. The van der Waals surface area contributed by atoms with E-state index in [0.29, 0.717) is 10.4 Å². The summed E-state index contributed by atoms with van der Waals surface area (Å²) in [5.41, 5.74) is 0.773. The molecule has 4 nitrogen and oxygen atoms in total. The number of alkyl halides is 2. The third-order valence-electron chi connectivity index (χ3n) is 2.79. The van der Waals surface area contributed by atoms with Gasteiger partial charge >= 0.3 is 0 Å². The van der Waals surface area contributed by atoms with Crippen molar-refractivity contribution < 1.29 is 8.78 Å². The molecule has 3 rings (SSSR count). The zero-order valence-electron chi connectivity index (χ0n) is 8.70. The molecule has 1 saturated carbocycles. The lowest BCUT2D eigenvalue weighted by Gasteiger charge is -2.35. The molecular weight excluding hydrogens is 294 g/mol. The van der Waals surface area contributed by atoms with Gasteiger partial charge in [-0.3, -0.25) is 0 Å². The number of rotatable bonds is 2. The molecule has 0 radical (unpaired) electrons. The van der Waals surface area contributed by atoms with Crippen LogP contribution in [0, 0.1) is 0 Å². The third-order valence-corrected chi connectivity index (χ3v) is 3.18. The number of hydrogen-bond acceptors (Lipinski definition) is 3. The highest BCUT2D eigenvalue weighted by atomic mass is 79.9. The minimum atomic E-state index is -2.52. The summed E-state index contributed by atoms with van der Waals surface area (Å²) in [6.45, 7) is 0. The van der Waals surface area contributed by atoms with Gasteiger partial charge in [-0.15, -0.1) is 0 Å². The van der Waals surface area contributed by atoms with E-state index in [9.17, 15) is 8.78 Å². The van der Waals surface area contributed by atoms with Gasteiger partial charge in [-0.1, -0.05) is 0 Å². The van der Waals surface area contributed by atoms with Gasteiger partial charge in [-0.2, -0.15) is 5.10 Å². The van der Waals surface area contributed by atoms with E-state index in [1.807, 2.05) is 0 Å². The van der Waals surface area contributed by atoms with Crippen LogP contribution in [0.25, 0.3) is 5.52 Å². The Hall–Kier alpha value is -1.24. The van der Waals surface area contributed by atoms with E-state index in [1.54, 1.807) is 23.0 Å². The highest BCUT2D eigenvalue weighted by Gasteiger charge is 2.45. The zero-order valence-corrected chi connectivity index (χ0v) is 10.3. The second kappa shape index (κ2) is 3.63. The number of aromatic nitrogens is 3. The van der Waals surface area contributed by atoms with E-state index in [-0.39, 0.29) is 18.9 Å². The minimum Gasteiger partial charge on any atom is -0.365 e. The van der Waals surface area contributed by atoms with E-state index in [4.69, 9.17) is 0 Å². The van der Waals surface area contributed by atoms with Crippen molar-refractivity contribution in [1.82, 2.24) is 14.6 Å². The number of hydrogen-bond donors (Lipinski definition) is 1. The normalized spacial score (nSPS) is 19.2. The summed E-state index contributed by atoms with van der Waals surface area (Å²) < 4.78 is 27.8. The second-order valence-corrected chi connectivity index (χ2v) is 4.99. The second-order valence-electron chi connectivity index (χ2n) is 4.18. The van der Waals surface area contributed by atoms with E-state index < -0.39 is 5.92 Å². The predicted molar refractivity (Wildman–Crippen MR) is 62.3 cm³/mol. The molecule has 0 bridgehead atoms. The smallest absolute Gasteiger partial charge is 0.252 e. The van der Waals surface area contributed by atoms with Crippen LogP contribution >= 0.6 is 15.9 Å². The molecule has 0 amide bonds. The molecule has 1 N–H and O–H groups in total. The van der Waals surface area contributed by atoms with Crippen molar-refractivity contribution >= 4 is 27.3 Å². The number of nitrogens with one attached hydrogen (secondary N) is 1. The molecule has 0 aliphatic heterocycles. The fourth-order valence-corrected chi connectivity index (χ4v) is 2.35. The molecule has 0 saturated heterocycles. The summed E-state index contributed by atoms with van der Waals surface area (Å²) in [5.74, 6) is -1.94. The summed E-state index contributed by atoms with van der Waals surface area (Å²) in [4.78, 5) is 4.15. The Morgan fingerprint density at radius 2 is 2.24 bits per heavy atom. The molecule has 2 aromatic rings. The molecular formula is C10H9BrF2N4. The maximum atomic E-state index is 12.7. The van der Waals surface area contributed by atoms with Crippen molar-refractivity contribution in [2.75, 3.05) is 5.32 Å². The molecule has 17 heavy (non-hydrogen) atoms. The highest BCUT2D eigenvalue weighted by Crippen LogP contribution is 2.39.